The zero-order valence-electron chi connectivity index (χ0n) is 10.7. The molecule has 0 saturated carbocycles. The fourth-order valence-corrected chi connectivity index (χ4v) is 0.798. The van der Waals surface area contributed by atoms with Crippen molar-refractivity contribution in [2.24, 2.45) is 0 Å². The number of aromatic nitrogens is 2. The van der Waals surface area contributed by atoms with Gasteiger partial charge in [-0.05, 0) is 41.4 Å². The summed E-state index contributed by atoms with van der Waals surface area (Å²) in [6.07, 6.45) is 9.82. The van der Waals surface area contributed by atoms with Crippen LogP contribution in [0.1, 0.15) is 0 Å². The molecule has 0 aromatic carbocycles. The first-order chi connectivity index (χ1) is 10.4. The van der Waals surface area contributed by atoms with E-state index in [1.807, 2.05) is 0 Å². The molecule has 0 aliphatic rings. The molecule has 0 spiro atoms. The van der Waals surface area contributed by atoms with E-state index in [1.165, 1.54) is 0 Å². The lowest BCUT2D eigenvalue weighted by molar-refractivity contribution is 1.11. The van der Waals surface area contributed by atoms with E-state index >= 15 is 0 Å². The highest BCUT2D eigenvalue weighted by Gasteiger charge is 1.76. The third-order valence-electron chi connectivity index (χ3n) is 1.51. The van der Waals surface area contributed by atoms with Gasteiger partial charge in [0.25, 0.3) is 0 Å². The van der Waals surface area contributed by atoms with Crippen molar-refractivity contribution in [3.05, 3.63) is 18.7 Å². The standard InChI is InChI=1S/C19H4N2/c1-2-3-4-5-6-7-8-9-10-11-12-13-14-15-17-21-18-16-20-19-21/h1,16,18-19H. The minimum atomic E-state index is 1.57. The Hall–Kier alpha value is -4.31. The molecule has 0 saturated heterocycles. The first-order valence-electron chi connectivity index (χ1n) is 5.38. The Labute approximate surface area is 124 Å². The molecule has 2 nitrogen and oxygen atoms in total. The highest BCUT2D eigenvalue weighted by molar-refractivity contribution is 5.45. The van der Waals surface area contributed by atoms with E-state index in [-0.39, 0.29) is 0 Å². The smallest absolute Gasteiger partial charge is 0.107 e. The van der Waals surface area contributed by atoms with Crippen molar-refractivity contribution in [2.45, 2.75) is 0 Å². The molecule has 0 N–H and O–H groups in total. The van der Waals surface area contributed by atoms with Gasteiger partial charge in [-0.3, -0.25) is 4.57 Å². The molecule has 90 valence electrons. The second kappa shape index (κ2) is 10.8. The van der Waals surface area contributed by atoms with Crippen molar-refractivity contribution in [1.82, 2.24) is 9.55 Å². The van der Waals surface area contributed by atoms with Gasteiger partial charge in [0, 0.05) is 59.9 Å². The molecular weight excluding hydrogens is 256 g/mol. The van der Waals surface area contributed by atoms with E-state index < -0.39 is 0 Å². The van der Waals surface area contributed by atoms with Crippen LogP contribution in [0.4, 0.5) is 0 Å². The van der Waals surface area contributed by atoms with Crippen LogP contribution in [0, 0.1) is 95.4 Å². The average Bonchev–Trinajstić information content (AvgIpc) is 3.01. The summed E-state index contributed by atoms with van der Waals surface area (Å²) in [4.78, 5) is 3.83. The lowest BCUT2D eigenvalue weighted by Crippen LogP contribution is -1.79. The van der Waals surface area contributed by atoms with Gasteiger partial charge in [0.05, 0.1) is 0 Å². The van der Waals surface area contributed by atoms with Crippen molar-refractivity contribution in [3.63, 3.8) is 0 Å². The number of imidazole rings is 1. The average molecular weight is 260 g/mol. The Morgan fingerprint density at radius 2 is 1.14 bits per heavy atom. The van der Waals surface area contributed by atoms with Crippen LogP contribution >= 0.6 is 0 Å². The van der Waals surface area contributed by atoms with Crippen LogP contribution in [0.3, 0.4) is 0 Å². The quantitative estimate of drug-likeness (QED) is 0.615. The van der Waals surface area contributed by atoms with Gasteiger partial charge in [-0.15, -0.1) is 6.42 Å². The number of hydrogen-bond donors (Lipinski definition) is 0. The van der Waals surface area contributed by atoms with E-state index in [4.69, 9.17) is 6.42 Å². The highest BCUT2D eigenvalue weighted by atomic mass is 15.0. The van der Waals surface area contributed by atoms with Gasteiger partial charge >= 0.3 is 0 Å². The van der Waals surface area contributed by atoms with Crippen molar-refractivity contribution in [2.75, 3.05) is 0 Å². The summed E-state index contributed by atoms with van der Waals surface area (Å²) in [5.74, 6) is 34.5. The van der Waals surface area contributed by atoms with Crippen LogP contribution in [-0.2, 0) is 0 Å². The van der Waals surface area contributed by atoms with Gasteiger partial charge in [-0.1, -0.05) is 0 Å². The van der Waals surface area contributed by atoms with E-state index in [0.29, 0.717) is 0 Å². The van der Waals surface area contributed by atoms with E-state index in [1.54, 1.807) is 23.3 Å². The van der Waals surface area contributed by atoms with E-state index in [9.17, 15) is 0 Å². The van der Waals surface area contributed by atoms with Crippen molar-refractivity contribution < 1.29 is 0 Å². The normalized spacial score (nSPS) is 5.29. The van der Waals surface area contributed by atoms with Gasteiger partial charge in [0.2, 0.25) is 0 Å². The van der Waals surface area contributed by atoms with Gasteiger partial charge in [0.15, 0.2) is 0 Å². The van der Waals surface area contributed by atoms with Crippen LogP contribution in [0.5, 0.6) is 0 Å². The van der Waals surface area contributed by atoms with Crippen molar-refractivity contribution in [3.8, 4) is 95.4 Å². The molecule has 21 heavy (non-hydrogen) atoms. The maximum Gasteiger partial charge on any atom is 0.107 e. The topological polar surface area (TPSA) is 17.8 Å². The molecule has 0 aliphatic heterocycles. The minimum Gasteiger partial charge on any atom is -0.264 e. The predicted octanol–water partition coefficient (Wildman–Crippen LogP) is 0.346. The van der Waals surface area contributed by atoms with Gasteiger partial charge in [-0.2, -0.15) is 0 Å². The van der Waals surface area contributed by atoms with Crippen LogP contribution in [0.25, 0.3) is 0 Å². The Morgan fingerprint density at radius 1 is 0.667 bits per heavy atom. The molecule has 0 atom stereocenters. The Balaban J connectivity index is 2.45. The molecule has 1 rings (SSSR count). The Bertz CT molecular complexity index is 966. The largest absolute Gasteiger partial charge is 0.264 e. The van der Waals surface area contributed by atoms with Crippen LogP contribution in [0.15, 0.2) is 18.7 Å². The van der Waals surface area contributed by atoms with E-state index in [2.05, 4.69) is 93.9 Å². The molecule has 1 heterocycles. The summed E-state index contributed by atoms with van der Waals surface area (Å²) < 4.78 is 1.59. The lowest BCUT2D eigenvalue weighted by atomic mass is 10.5. The summed E-state index contributed by atoms with van der Waals surface area (Å²) in [6, 6.07) is 2.73. The molecule has 0 bridgehead atoms. The Morgan fingerprint density at radius 3 is 1.57 bits per heavy atom. The maximum absolute atomic E-state index is 4.90. The molecule has 2 heteroatoms. The highest BCUT2D eigenvalue weighted by Crippen LogP contribution is 1.77. The number of rotatable bonds is 0. The SMILES string of the molecule is C#CC#CC#CC#CC#CC#CC#CC#Cn1ccnc1. The third-order valence-corrected chi connectivity index (χ3v) is 1.51. The molecular formula is C19H4N2. The minimum absolute atomic E-state index is 1.57. The summed E-state index contributed by atoms with van der Waals surface area (Å²) in [6.45, 7) is 0. The summed E-state index contributed by atoms with van der Waals surface area (Å²) in [7, 11) is 0. The molecule has 1 aromatic rings. The van der Waals surface area contributed by atoms with Gasteiger partial charge < -0.3 is 0 Å². The first-order valence-corrected chi connectivity index (χ1v) is 5.38. The molecule has 0 amide bonds. The molecule has 0 aliphatic carbocycles. The second-order valence-electron chi connectivity index (χ2n) is 2.85. The molecule has 0 radical (unpaired) electrons. The fourth-order valence-electron chi connectivity index (χ4n) is 0.798. The first kappa shape index (κ1) is 14.7. The number of hydrogen-bond acceptors (Lipinski definition) is 1. The zero-order chi connectivity index (χ0) is 15.0. The molecule has 1 aromatic heterocycles. The third kappa shape index (κ3) is 8.42. The molecule has 0 fully saturated rings. The summed E-state index contributed by atoms with van der Waals surface area (Å²) in [5.41, 5.74) is 0. The summed E-state index contributed by atoms with van der Waals surface area (Å²) >= 11 is 0. The Kier molecular flexibility index (Phi) is 7.60. The predicted molar refractivity (Wildman–Crippen MR) is 80.9 cm³/mol. The van der Waals surface area contributed by atoms with Crippen LogP contribution in [-0.4, -0.2) is 9.55 Å². The van der Waals surface area contributed by atoms with Gasteiger partial charge in [-0.25, -0.2) is 4.98 Å². The van der Waals surface area contributed by atoms with Crippen LogP contribution in [0.2, 0.25) is 0 Å². The van der Waals surface area contributed by atoms with Crippen molar-refractivity contribution in [1.29, 1.82) is 0 Å². The summed E-state index contributed by atoms with van der Waals surface area (Å²) in [5, 5.41) is 0. The number of nitrogens with zero attached hydrogens (tertiary/aromatic N) is 2. The molecule has 0 unspecified atom stereocenters. The number of terminal acetylenes is 1. The van der Waals surface area contributed by atoms with E-state index in [0.717, 1.165) is 0 Å². The second-order valence-corrected chi connectivity index (χ2v) is 2.85. The fraction of sp³-hybridized carbons (Fsp3) is 0. The van der Waals surface area contributed by atoms with Crippen LogP contribution < -0.4 is 0 Å². The lowest BCUT2D eigenvalue weighted by Gasteiger charge is -1.77. The maximum atomic E-state index is 4.90. The zero-order valence-corrected chi connectivity index (χ0v) is 10.7. The van der Waals surface area contributed by atoms with Crippen molar-refractivity contribution >= 4 is 0 Å². The van der Waals surface area contributed by atoms with Gasteiger partial charge in [0.1, 0.15) is 6.33 Å². The monoisotopic (exact) mass is 260 g/mol.